The summed E-state index contributed by atoms with van der Waals surface area (Å²) in [5, 5.41) is 3.29. The van der Waals surface area contributed by atoms with Gasteiger partial charge in [0.15, 0.2) is 0 Å². The number of Topliss-reactive ketones (excluding diaryl/α,β-unsaturated/α-hetero) is 1. The summed E-state index contributed by atoms with van der Waals surface area (Å²) in [6.45, 7) is 0.324. The zero-order valence-electron chi connectivity index (χ0n) is 19.6. The first-order valence-electron chi connectivity index (χ1n) is 11.9. The summed E-state index contributed by atoms with van der Waals surface area (Å²) in [6, 6.07) is 19.3. The third-order valence-electron chi connectivity index (χ3n) is 6.11. The van der Waals surface area contributed by atoms with Crippen LogP contribution in [-0.2, 0) is 22.6 Å². The number of ether oxygens (including phenoxy) is 2. The van der Waals surface area contributed by atoms with Crippen molar-refractivity contribution in [2.75, 3.05) is 5.32 Å². The van der Waals surface area contributed by atoms with E-state index in [1.165, 1.54) is 6.07 Å². The molecule has 0 radical (unpaired) electrons. The molecule has 1 amide bonds. The van der Waals surface area contributed by atoms with Crippen molar-refractivity contribution >= 4 is 28.8 Å². The van der Waals surface area contributed by atoms with Crippen molar-refractivity contribution in [1.82, 2.24) is 4.98 Å². The SMILES string of the molecule is O=CNc1cc2c(Oc3ccc(CC(=O)CC4CC4)c(F)c3)ccnc2cc1OCc1ccccc1. The van der Waals surface area contributed by atoms with Crippen molar-refractivity contribution in [3.05, 3.63) is 89.9 Å². The summed E-state index contributed by atoms with van der Waals surface area (Å²) >= 11 is 0. The Bertz CT molecular complexity index is 1400. The molecule has 0 spiro atoms. The lowest BCUT2D eigenvalue weighted by atomic mass is 10.0. The first kappa shape index (κ1) is 23.5. The van der Waals surface area contributed by atoms with E-state index in [-0.39, 0.29) is 12.2 Å². The molecule has 1 aromatic heterocycles. The number of hydrogen-bond donors (Lipinski definition) is 1. The predicted molar refractivity (Wildman–Crippen MR) is 135 cm³/mol. The minimum absolute atomic E-state index is 0.0608. The highest BCUT2D eigenvalue weighted by atomic mass is 19.1. The highest BCUT2D eigenvalue weighted by Gasteiger charge is 2.24. The summed E-state index contributed by atoms with van der Waals surface area (Å²) in [7, 11) is 0. The van der Waals surface area contributed by atoms with Crippen molar-refractivity contribution in [1.29, 1.82) is 0 Å². The van der Waals surface area contributed by atoms with E-state index >= 15 is 0 Å². The van der Waals surface area contributed by atoms with E-state index in [4.69, 9.17) is 9.47 Å². The Kier molecular flexibility index (Phi) is 6.89. The molecule has 1 aliphatic carbocycles. The first-order valence-corrected chi connectivity index (χ1v) is 11.9. The lowest BCUT2D eigenvalue weighted by Gasteiger charge is -2.14. The number of rotatable bonds is 11. The van der Waals surface area contributed by atoms with Gasteiger partial charge in [0.25, 0.3) is 0 Å². The zero-order chi connectivity index (χ0) is 24.9. The van der Waals surface area contributed by atoms with Gasteiger partial charge in [-0.3, -0.25) is 14.6 Å². The quantitative estimate of drug-likeness (QED) is 0.256. The van der Waals surface area contributed by atoms with Crippen molar-refractivity contribution in [2.24, 2.45) is 5.92 Å². The topological polar surface area (TPSA) is 77.5 Å². The van der Waals surface area contributed by atoms with E-state index in [9.17, 15) is 14.0 Å². The normalized spacial score (nSPS) is 12.8. The Hall–Kier alpha value is -4.26. The van der Waals surface area contributed by atoms with Crippen molar-refractivity contribution in [3.8, 4) is 17.2 Å². The molecule has 1 fully saturated rings. The summed E-state index contributed by atoms with van der Waals surface area (Å²) in [5.41, 5.74) is 2.40. The highest BCUT2D eigenvalue weighted by molar-refractivity contribution is 5.93. The maximum Gasteiger partial charge on any atom is 0.211 e. The molecule has 4 aromatic rings. The van der Waals surface area contributed by atoms with Gasteiger partial charge in [0.05, 0.1) is 11.2 Å². The van der Waals surface area contributed by atoms with Gasteiger partial charge < -0.3 is 14.8 Å². The number of halogens is 1. The minimum Gasteiger partial charge on any atom is -0.487 e. The van der Waals surface area contributed by atoms with Crippen LogP contribution in [0.15, 0.2) is 72.9 Å². The Labute approximate surface area is 208 Å². The van der Waals surface area contributed by atoms with Gasteiger partial charge in [-0.05, 0) is 48.1 Å². The Morgan fingerprint density at radius 2 is 1.89 bits per heavy atom. The van der Waals surface area contributed by atoms with Gasteiger partial charge in [0, 0.05) is 36.6 Å². The number of nitrogens with one attached hydrogen (secondary N) is 1. The van der Waals surface area contributed by atoms with E-state index in [1.807, 2.05) is 30.3 Å². The summed E-state index contributed by atoms with van der Waals surface area (Å²) < 4.78 is 26.7. The van der Waals surface area contributed by atoms with E-state index in [0.29, 0.717) is 64.8 Å². The smallest absolute Gasteiger partial charge is 0.211 e. The lowest BCUT2D eigenvalue weighted by Crippen LogP contribution is -2.05. The third kappa shape index (κ3) is 5.68. The predicted octanol–water partition coefficient (Wildman–Crippen LogP) is 6.23. The molecule has 36 heavy (non-hydrogen) atoms. The second-order valence-corrected chi connectivity index (χ2v) is 8.93. The lowest BCUT2D eigenvalue weighted by molar-refractivity contribution is -0.118. The fourth-order valence-electron chi connectivity index (χ4n) is 4.06. The van der Waals surface area contributed by atoms with Crippen LogP contribution in [-0.4, -0.2) is 17.2 Å². The summed E-state index contributed by atoms with van der Waals surface area (Å²) in [6.07, 6.45) is 4.96. The molecule has 0 aliphatic heterocycles. The van der Waals surface area contributed by atoms with Crippen LogP contribution in [0, 0.1) is 11.7 Å². The van der Waals surface area contributed by atoms with Crippen LogP contribution in [0.5, 0.6) is 17.2 Å². The zero-order valence-corrected chi connectivity index (χ0v) is 19.6. The molecule has 1 heterocycles. The van der Waals surface area contributed by atoms with Crippen molar-refractivity contribution in [3.63, 3.8) is 0 Å². The highest BCUT2D eigenvalue weighted by Crippen LogP contribution is 2.37. The molecule has 0 atom stereocenters. The van der Waals surface area contributed by atoms with E-state index < -0.39 is 5.82 Å². The average Bonchev–Trinajstić information content (AvgIpc) is 3.69. The number of anilines is 1. The number of ketones is 1. The summed E-state index contributed by atoms with van der Waals surface area (Å²) in [4.78, 5) is 27.8. The Morgan fingerprint density at radius 3 is 2.64 bits per heavy atom. The van der Waals surface area contributed by atoms with Gasteiger partial charge >= 0.3 is 0 Å². The number of aromatic nitrogens is 1. The van der Waals surface area contributed by atoms with E-state index in [0.717, 1.165) is 18.4 Å². The molecule has 1 N–H and O–H groups in total. The van der Waals surface area contributed by atoms with Crippen molar-refractivity contribution < 1.29 is 23.5 Å². The number of pyridine rings is 1. The van der Waals surface area contributed by atoms with E-state index in [2.05, 4.69) is 10.3 Å². The Balaban J connectivity index is 1.37. The molecular weight excluding hydrogens is 459 g/mol. The number of carbonyl (C=O) groups is 2. The molecule has 0 bridgehead atoms. The number of benzene rings is 3. The van der Waals surface area contributed by atoms with E-state index in [1.54, 1.807) is 36.5 Å². The fraction of sp³-hybridized carbons (Fsp3) is 0.207. The second-order valence-electron chi connectivity index (χ2n) is 8.93. The van der Waals surface area contributed by atoms with Crippen LogP contribution in [0.4, 0.5) is 10.1 Å². The van der Waals surface area contributed by atoms with Crippen LogP contribution in [0.25, 0.3) is 10.9 Å². The molecule has 7 heteroatoms. The van der Waals surface area contributed by atoms with Gasteiger partial charge in [-0.25, -0.2) is 4.39 Å². The monoisotopic (exact) mass is 484 g/mol. The van der Waals surface area contributed by atoms with Crippen LogP contribution in [0.2, 0.25) is 0 Å². The molecule has 182 valence electrons. The Morgan fingerprint density at radius 1 is 1.06 bits per heavy atom. The van der Waals surface area contributed by atoms with Gasteiger partial charge in [-0.1, -0.05) is 36.4 Å². The van der Waals surface area contributed by atoms with Crippen LogP contribution in [0.1, 0.15) is 30.4 Å². The van der Waals surface area contributed by atoms with Crippen LogP contribution < -0.4 is 14.8 Å². The molecule has 6 nitrogen and oxygen atoms in total. The molecule has 5 rings (SSSR count). The molecule has 3 aromatic carbocycles. The second kappa shape index (κ2) is 10.6. The summed E-state index contributed by atoms with van der Waals surface area (Å²) in [5.74, 6) is 1.27. The van der Waals surface area contributed by atoms with Gasteiger partial charge in [0.1, 0.15) is 35.5 Å². The maximum atomic E-state index is 14.7. The van der Waals surface area contributed by atoms with Crippen molar-refractivity contribution in [2.45, 2.75) is 32.3 Å². The van der Waals surface area contributed by atoms with Gasteiger partial charge in [0.2, 0.25) is 6.41 Å². The molecule has 1 saturated carbocycles. The largest absolute Gasteiger partial charge is 0.487 e. The van der Waals surface area contributed by atoms with Gasteiger partial charge in [-0.15, -0.1) is 0 Å². The van der Waals surface area contributed by atoms with Crippen LogP contribution >= 0.6 is 0 Å². The third-order valence-corrected chi connectivity index (χ3v) is 6.11. The number of amides is 1. The molecule has 1 aliphatic rings. The first-order chi connectivity index (χ1) is 17.6. The maximum absolute atomic E-state index is 14.7. The van der Waals surface area contributed by atoms with Gasteiger partial charge in [-0.2, -0.15) is 0 Å². The molecule has 0 saturated heterocycles. The molecular formula is C29H25FN2O4. The van der Waals surface area contributed by atoms with Crippen LogP contribution in [0.3, 0.4) is 0 Å². The fourth-order valence-corrected chi connectivity index (χ4v) is 4.06. The molecule has 0 unspecified atom stereocenters. The number of fused-ring (bicyclic) bond motifs is 1. The number of nitrogens with zero attached hydrogens (tertiary/aromatic N) is 1. The standard InChI is InChI=1S/C29H25FN2O4/c30-25-14-23(9-8-21(25)13-22(34)12-19-6-7-19)36-28-10-11-31-26-16-29(27(32-18-33)15-24(26)28)35-17-20-4-2-1-3-5-20/h1-5,8-11,14-16,18-19H,6-7,12-13,17H2,(H,32,33). The number of hydrogen-bond acceptors (Lipinski definition) is 5. The average molecular weight is 485 g/mol. The minimum atomic E-state index is -0.477. The number of carbonyl (C=O) groups excluding carboxylic acids is 2.